The summed E-state index contributed by atoms with van der Waals surface area (Å²) in [7, 11) is 0. The Balaban J connectivity index is 2.17. The molecule has 0 bridgehead atoms. The average molecular weight is 301 g/mol. The highest BCUT2D eigenvalue weighted by molar-refractivity contribution is 6.02. The first-order valence-corrected chi connectivity index (χ1v) is 6.33. The number of nitrogens with one attached hydrogen (secondary N) is 1. The molecule has 2 aromatic rings. The molecule has 0 radical (unpaired) electrons. The van der Waals surface area contributed by atoms with Crippen LogP contribution in [0.2, 0.25) is 0 Å². The van der Waals surface area contributed by atoms with Crippen LogP contribution in [0.1, 0.15) is 22.8 Å². The van der Waals surface area contributed by atoms with E-state index in [4.69, 9.17) is 0 Å². The fourth-order valence-corrected chi connectivity index (χ4v) is 1.78. The molecule has 0 aliphatic carbocycles. The van der Waals surface area contributed by atoms with Gasteiger partial charge >= 0.3 is 0 Å². The molecule has 0 aromatic heterocycles. The number of hydrogen-bond acceptors (Lipinski definition) is 4. The van der Waals surface area contributed by atoms with E-state index in [1.165, 1.54) is 48.5 Å². The normalized spacial score (nSPS) is 11.1. The minimum absolute atomic E-state index is 0.0804. The lowest BCUT2D eigenvalue weighted by Gasteiger charge is -2.03. The Morgan fingerprint density at radius 2 is 1.82 bits per heavy atom. The number of benzene rings is 2. The minimum Gasteiger partial charge on any atom is -0.267 e. The summed E-state index contributed by atoms with van der Waals surface area (Å²) in [4.78, 5) is 22.2. The first kappa shape index (κ1) is 15.3. The van der Waals surface area contributed by atoms with Crippen molar-refractivity contribution in [3.8, 4) is 0 Å². The third-order valence-corrected chi connectivity index (χ3v) is 2.93. The summed E-state index contributed by atoms with van der Waals surface area (Å²) in [6, 6.07) is 11.2. The van der Waals surface area contributed by atoms with Crippen molar-refractivity contribution in [1.29, 1.82) is 0 Å². The van der Waals surface area contributed by atoms with E-state index in [1.54, 1.807) is 6.92 Å². The van der Waals surface area contributed by atoms with Crippen LogP contribution >= 0.6 is 0 Å². The highest BCUT2D eigenvalue weighted by Gasteiger charge is 2.18. The van der Waals surface area contributed by atoms with Gasteiger partial charge in [-0.05, 0) is 30.7 Å². The third-order valence-electron chi connectivity index (χ3n) is 2.93. The molecule has 2 aromatic carbocycles. The van der Waals surface area contributed by atoms with Gasteiger partial charge in [0.2, 0.25) is 0 Å². The monoisotopic (exact) mass is 301 g/mol. The Hall–Kier alpha value is -3.09. The lowest BCUT2D eigenvalue weighted by Crippen LogP contribution is -2.20. The largest absolute Gasteiger partial charge is 0.282 e. The lowest BCUT2D eigenvalue weighted by molar-refractivity contribution is -0.385. The van der Waals surface area contributed by atoms with Crippen molar-refractivity contribution in [3.63, 3.8) is 0 Å². The standard InChI is InChI=1S/C15H12FN3O3/c1-10(11-6-8-12(16)9-7-11)17-18-15(20)13-4-2-3-5-14(13)19(21)22/h2-9H,1H3,(H,18,20)/b17-10-. The molecule has 22 heavy (non-hydrogen) atoms. The van der Waals surface area contributed by atoms with Gasteiger partial charge in [-0.1, -0.05) is 24.3 Å². The van der Waals surface area contributed by atoms with E-state index >= 15 is 0 Å². The van der Waals surface area contributed by atoms with E-state index < -0.39 is 10.8 Å². The van der Waals surface area contributed by atoms with E-state index in [-0.39, 0.29) is 17.1 Å². The average Bonchev–Trinajstić information content (AvgIpc) is 2.53. The maximum atomic E-state index is 12.8. The van der Waals surface area contributed by atoms with Crippen molar-refractivity contribution >= 4 is 17.3 Å². The molecule has 0 heterocycles. The number of nitro groups is 1. The van der Waals surface area contributed by atoms with E-state index in [2.05, 4.69) is 10.5 Å². The van der Waals surface area contributed by atoms with Crippen molar-refractivity contribution < 1.29 is 14.1 Å². The van der Waals surface area contributed by atoms with Gasteiger partial charge in [-0.3, -0.25) is 14.9 Å². The number of carbonyl (C=O) groups is 1. The highest BCUT2D eigenvalue weighted by Crippen LogP contribution is 2.17. The van der Waals surface area contributed by atoms with Crippen LogP contribution < -0.4 is 5.43 Å². The maximum absolute atomic E-state index is 12.8. The number of rotatable bonds is 4. The van der Waals surface area contributed by atoms with Gasteiger partial charge in [-0.2, -0.15) is 5.10 Å². The fraction of sp³-hybridized carbons (Fsp3) is 0.0667. The molecule has 2 rings (SSSR count). The predicted molar refractivity (Wildman–Crippen MR) is 79.2 cm³/mol. The van der Waals surface area contributed by atoms with Gasteiger partial charge in [0.25, 0.3) is 11.6 Å². The second kappa shape index (κ2) is 6.57. The number of halogens is 1. The molecule has 7 heteroatoms. The number of nitro benzene ring substituents is 1. The maximum Gasteiger partial charge on any atom is 0.282 e. The summed E-state index contributed by atoms with van der Waals surface area (Å²) >= 11 is 0. The van der Waals surface area contributed by atoms with Gasteiger partial charge in [0.05, 0.1) is 10.6 Å². The van der Waals surface area contributed by atoms with Crippen LogP contribution in [0.15, 0.2) is 53.6 Å². The highest BCUT2D eigenvalue weighted by atomic mass is 19.1. The SMILES string of the molecule is C/C(=N/NC(=O)c1ccccc1[N+](=O)[O-])c1ccc(F)cc1. The number of amides is 1. The Kier molecular flexibility index (Phi) is 4.57. The Bertz CT molecular complexity index is 742. The summed E-state index contributed by atoms with van der Waals surface area (Å²) in [6.45, 7) is 1.63. The minimum atomic E-state index is -0.686. The van der Waals surface area contributed by atoms with Gasteiger partial charge in [-0.15, -0.1) is 0 Å². The van der Waals surface area contributed by atoms with Crippen molar-refractivity contribution in [2.45, 2.75) is 6.92 Å². The molecule has 0 atom stereocenters. The van der Waals surface area contributed by atoms with E-state index in [1.807, 2.05) is 0 Å². The molecule has 0 unspecified atom stereocenters. The number of hydrazone groups is 1. The summed E-state index contributed by atoms with van der Waals surface area (Å²) < 4.78 is 12.8. The van der Waals surface area contributed by atoms with E-state index in [0.717, 1.165) is 0 Å². The zero-order chi connectivity index (χ0) is 16.1. The number of nitrogens with zero attached hydrogens (tertiary/aromatic N) is 2. The Morgan fingerprint density at radius 1 is 1.18 bits per heavy atom. The van der Waals surface area contributed by atoms with Crippen LogP contribution in [0.4, 0.5) is 10.1 Å². The zero-order valence-corrected chi connectivity index (χ0v) is 11.6. The molecule has 112 valence electrons. The number of hydrogen-bond donors (Lipinski definition) is 1. The molecule has 0 aliphatic heterocycles. The van der Waals surface area contributed by atoms with Crippen LogP contribution in [0, 0.1) is 15.9 Å². The van der Waals surface area contributed by atoms with Gasteiger partial charge in [0.1, 0.15) is 11.4 Å². The van der Waals surface area contributed by atoms with E-state index in [0.29, 0.717) is 11.3 Å². The molecular weight excluding hydrogens is 289 g/mol. The van der Waals surface area contributed by atoms with Crippen LogP contribution in [-0.2, 0) is 0 Å². The Morgan fingerprint density at radius 3 is 2.45 bits per heavy atom. The predicted octanol–water partition coefficient (Wildman–Crippen LogP) is 2.89. The molecule has 0 saturated heterocycles. The second-order valence-corrected chi connectivity index (χ2v) is 4.42. The van der Waals surface area contributed by atoms with Crippen LogP contribution in [0.5, 0.6) is 0 Å². The van der Waals surface area contributed by atoms with E-state index in [9.17, 15) is 19.3 Å². The molecular formula is C15H12FN3O3. The third kappa shape index (κ3) is 3.51. The van der Waals surface area contributed by atoms with Crippen LogP contribution in [-0.4, -0.2) is 16.5 Å². The summed E-state index contributed by atoms with van der Waals surface area (Å²) in [6.07, 6.45) is 0. The first-order valence-electron chi connectivity index (χ1n) is 6.33. The molecule has 6 nitrogen and oxygen atoms in total. The second-order valence-electron chi connectivity index (χ2n) is 4.42. The fourth-order valence-electron chi connectivity index (χ4n) is 1.78. The lowest BCUT2D eigenvalue weighted by atomic mass is 10.1. The molecule has 1 amide bonds. The van der Waals surface area contributed by atoms with Crippen molar-refractivity contribution in [3.05, 3.63) is 75.6 Å². The molecule has 0 spiro atoms. The van der Waals surface area contributed by atoms with Gasteiger partial charge in [0.15, 0.2) is 0 Å². The smallest absolute Gasteiger partial charge is 0.267 e. The molecule has 0 saturated carbocycles. The summed E-state index contributed by atoms with van der Waals surface area (Å²) in [5.41, 5.74) is 2.96. The van der Waals surface area contributed by atoms with Gasteiger partial charge < -0.3 is 0 Å². The molecule has 0 fully saturated rings. The first-order chi connectivity index (χ1) is 10.5. The zero-order valence-electron chi connectivity index (χ0n) is 11.6. The van der Waals surface area contributed by atoms with Crippen molar-refractivity contribution in [2.24, 2.45) is 5.10 Å². The number of para-hydroxylation sites is 1. The molecule has 1 N–H and O–H groups in total. The summed E-state index contributed by atoms with van der Waals surface area (Å²) in [5.74, 6) is -1.06. The quantitative estimate of drug-likeness (QED) is 0.535. The summed E-state index contributed by atoms with van der Waals surface area (Å²) in [5, 5.41) is 14.7. The molecule has 0 aliphatic rings. The number of carbonyl (C=O) groups excluding carboxylic acids is 1. The Labute approximate surface area is 125 Å². The van der Waals surface area contributed by atoms with Crippen LogP contribution in [0.25, 0.3) is 0 Å². The van der Waals surface area contributed by atoms with Crippen LogP contribution in [0.3, 0.4) is 0 Å². The topological polar surface area (TPSA) is 84.6 Å². The van der Waals surface area contributed by atoms with Crippen molar-refractivity contribution in [2.75, 3.05) is 0 Å². The van der Waals surface area contributed by atoms with Gasteiger partial charge in [0, 0.05) is 6.07 Å². The van der Waals surface area contributed by atoms with Crippen molar-refractivity contribution in [1.82, 2.24) is 5.43 Å². The van der Waals surface area contributed by atoms with Gasteiger partial charge in [-0.25, -0.2) is 9.82 Å².